The number of carbonyl (C=O) groups excluding carboxylic acids is 2. The zero-order chi connectivity index (χ0) is 13.4. The van der Waals surface area contributed by atoms with E-state index in [4.69, 9.17) is 5.73 Å². The second kappa shape index (κ2) is 8.11. The van der Waals surface area contributed by atoms with Gasteiger partial charge in [-0.25, -0.2) is 0 Å². The van der Waals surface area contributed by atoms with Gasteiger partial charge in [0.25, 0.3) is 0 Å². The first-order valence-electron chi connectivity index (χ1n) is 7.19. The van der Waals surface area contributed by atoms with E-state index in [9.17, 15) is 9.59 Å². The average molecular weight is 254 g/mol. The Kier molecular flexibility index (Phi) is 6.76. The predicted molar refractivity (Wildman–Crippen MR) is 71.8 cm³/mol. The molecule has 0 radical (unpaired) electrons. The number of primary amides is 1. The van der Waals surface area contributed by atoms with Gasteiger partial charge in [-0.15, -0.1) is 0 Å². The Labute approximate surface area is 110 Å². The summed E-state index contributed by atoms with van der Waals surface area (Å²) in [5.41, 5.74) is 5.33. The third kappa shape index (κ3) is 5.52. The normalized spacial score (nSPS) is 17.6. The molecule has 0 heterocycles. The molecule has 104 valence electrons. The van der Waals surface area contributed by atoms with E-state index in [0.29, 0.717) is 5.92 Å². The number of hydrogen-bond donors (Lipinski definition) is 2. The van der Waals surface area contributed by atoms with E-state index in [1.54, 1.807) is 0 Å². The Bertz CT molecular complexity index is 273. The van der Waals surface area contributed by atoms with Crippen molar-refractivity contribution < 1.29 is 9.59 Å². The first kappa shape index (κ1) is 15.0. The minimum atomic E-state index is -0.348. The van der Waals surface area contributed by atoms with Crippen LogP contribution in [0.15, 0.2) is 0 Å². The number of nitrogens with one attached hydrogen (secondary N) is 1. The van der Waals surface area contributed by atoms with Crippen molar-refractivity contribution in [1.82, 2.24) is 5.32 Å². The molecular formula is C14H26N2O2. The lowest BCUT2D eigenvalue weighted by molar-refractivity contribution is -0.128. The van der Waals surface area contributed by atoms with Gasteiger partial charge >= 0.3 is 0 Å². The highest BCUT2D eigenvalue weighted by Gasteiger charge is 2.20. The fourth-order valence-corrected chi connectivity index (χ4v) is 2.56. The van der Waals surface area contributed by atoms with E-state index < -0.39 is 0 Å². The SMILES string of the molecule is CCCCC(CC(=O)NCC1CCCC1)C(N)=O. The number of carbonyl (C=O) groups is 2. The third-order valence-corrected chi connectivity index (χ3v) is 3.80. The Balaban J connectivity index is 2.24. The van der Waals surface area contributed by atoms with Crippen molar-refractivity contribution in [2.75, 3.05) is 6.54 Å². The number of hydrogen-bond acceptors (Lipinski definition) is 2. The second-order valence-corrected chi connectivity index (χ2v) is 5.40. The summed E-state index contributed by atoms with van der Waals surface area (Å²) in [4.78, 5) is 23.0. The largest absolute Gasteiger partial charge is 0.369 e. The maximum atomic E-state index is 11.8. The Morgan fingerprint density at radius 1 is 1.33 bits per heavy atom. The maximum absolute atomic E-state index is 11.8. The number of rotatable bonds is 8. The molecule has 1 rings (SSSR count). The third-order valence-electron chi connectivity index (χ3n) is 3.80. The molecule has 4 heteroatoms. The van der Waals surface area contributed by atoms with E-state index in [1.165, 1.54) is 25.7 Å². The molecule has 1 saturated carbocycles. The summed E-state index contributed by atoms with van der Waals surface area (Å²) < 4.78 is 0. The van der Waals surface area contributed by atoms with Crippen LogP contribution in [0, 0.1) is 11.8 Å². The molecule has 1 fully saturated rings. The Morgan fingerprint density at radius 2 is 2.00 bits per heavy atom. The summed E-state index contributed by atoms with van der Waals surface area (Å²) in [5, 5.41) is 2.94. The van der Waals surface area contributed by atoms with Crippen LogP contribution in [-0.2, 0) is 9.59 Å². The molecular weight excluding hydrogens is 228 g/mol. The fraction of sp³-hybridized carbons (Fsp3) is 0.857. The van der Waals surface area contributed by atoms with E-state index in [2.05, 4.69) is 12.2 Å². The van der Waals surface area contributed by atoms with Crippen LogP contribution >= 0.6 is 0 Å². The first-order valence-corrected chi connectivity index (χ1v) is 7.19. The maximum Gasteiger partial charge on any atom is 0.221 e. The van der Waals surface area contributed by atoms with Gasteiger partial charge in [-0.05, 0) is 25.2 Å². The van der Waals surface area contributed by atoms with Gasteiger partial charge in [-0.2, -0.15) is 0 Å². The minimum absolute atomic E-state index is 0.0261. The summed E-state index contributed by atoms with van der Waals surface area (Å²) in [7, 11) is 0. The van der Waals surface area contributed by atoms with Gasteiger partial charge in [0.15, 0.2) is 0 Å². The highest BCUT2D eigenvalue weighted by Crippen LogP contribution is 2.23. The van der Waals surface area contributed by atoms with Gasteiger partial charge in [0, 0.05) is 18.9 Å². The van der Waals surface area contributed by atoms with Crippen LogP contribution < -0.4 is 11.1 Å². The summed E-state index contributed by atoms with van der Waals surface area (Å²) >= 11 is 0. The summed E-state index contributed by atoms with van der Waals surface area (Å²) in [6, 6.07) is 0. The molecule has 2 amide bonds. The molecule has 0 aromatic rings. The van der Waals surface area contributed by atoms with Gasteiger partial charge in [0.1, 0.15) is 0 Å². The van der Waals surface area contributed by atoms with Crippen LogP contribution in [0.1, 0.15) is 58.3 Å². The molecule has 0 aliphatic heterocycles. The highest BCUT2D eigenvalue weighted by molar-refractivity contribution is 5.84. The monoisotopic (exact) mass is 254 g/mol. The molecule has 18 heavy (non-hydrogen) atoms. The van der Waals surface area contributed by atoms with Gasteiger partial charge in [-0.3, -0.25) is 9.59 Å². The fourth-order valence-electron chi connectivity index (χ4n) is 2.56. The van der Waals surface area contributed by atoms with Crippen molar-refractivity contribution in [3.05, 3.63) is 0 Å². The van der Waals surface area contributed by atoms with Gasteiger partial charge in [-0.1, -0.05) is 32.6 Å². The topological polar surface area (TPSA) is 72.2 Å². The van der Waals surface area contributed by atoms with E-state index in [0.717, 1.165) is 25.8 Å². The lowest BCUT2D eigenvalue weighted by Crippen LogP contribution is -2.33. The highest BCUT2D eigenvalue weighted by atomic mass is 16.2. The zero-order valence-corrected chi connectivity index (χ0v) is 11.4. The molecule has 1 unspecified atom stereocenters. The van der Waals surface area contributed by atoms with Crippen LogP contribution in [0.3, 0.4) is 0 Å². The second-order valence-electron chi connectivity index (χ2n) is 5.40. The van der Waals surface area contributed by atoms with Crippen molar-refractivity contribution in [1.29, 1.82) is 0 Å². The van der Waals surface area contributed by atoms with Crippen molar-refractivity contribution in [2.45, 2.75) is 58.3 Å². The first-order chi connectivity index (χ1) is 8.63. The van der Waals surface area contributed by atoms with E-state index in [1.807, 2.05) is 0 Å². The van der Waals surface area contributed by atoms with Crippen LogP contribution in [-0.4, -0.2) is 18.4 Å². The smallest absolute Gasteiger partial charge is 0.221 e. The lowest BCUT2D eigenvalue weighted by Gasteiger charge is -2.14. The average Bonchev–Trinajstić information content (AvgIpc) is 2.84. The van der Waals surface area contributed by atoms with Crippen molar-refractivity contribution in [3.63, 3.8) is 0 Å². The van der Waals surface area contributed by atoms with Crippen LogP contribution in [0.25, 0.3) is 0 Å². The molecule has 0 saturated heterocycles. The minimum Gasteiger partial charge on any atom is -0.369 e. The molecule has 0 spiro atoms. The quantitative estimate of drug-likeness (QED) is 0.695. The van der Waals surface area contributed by atoms with Crippen molar-refractivity contribution in [3.8, 4) is 0 Å². The van der Waals surface area contributed by atoms with E-state index in [-0.39, 0.29) is 24.2 Å². The van der Waals surface area contributed by atoms with E-state index >= 15 is 0 Å². The van der Waals surface area contributed by atoms with Crippen molar-refractivity contribution in [2.24, 2.45) is 17.6 Å². The lowest BCUT2D eigenvalue weighted by atomic mass is 9.97. The Morgan fingerprint density at radius 3 is 2.56 bits per heavy atom. The van der Waals surface area contributed by atoms with Crippen molar-refractivity contribution >= 4 is 11.8 Å². The standard InChI is InChI=1S/C14H26N2O2/c1-2-3-8-12(14(15)18)9-13(17)16-10-11-6-4-5-7-11/h11-12H,2-10H2,1H3,(H2,15,18)(H,16,17). The van der Waals surface area contributed by atoms with Crippen LogP contribution in [0.4, 0.5) is 0 Å². The summed E-state index contributed by atoms with van der Waals surface area (Å²) in [6.07, 6.45) is 7.94. The molecule has 0 bridgehead atoms. The molecule has 1 atom stereocenters. The molecule has 1 aliphatic carbocycles. The molecule has 1 aliphatic rings. The molecule has 0 aromatic carbocycles. The molecule has 3 N–H and O–H groups in total. The summed E-state index contributed by atoms with van der Waals surface area (Å²) in [6.45, 7) is 2.83. The number of nitrogens with two attached hydrogens (primary N) is 1. The molecule has 4 nitrogen and oxygen atoms in total. The summed E-state index contributed by atoms with van der Waals surface area (Å²) in [5.74, 6) is -0.0357. The number of amides is 2. The van der Waals surface area contributed by atoms with Gasteiger partial charge in [0.2, 0.25) is 11.8 Å². The van der Waals surface area contributed by atoms with Crippen LogP contribution in [0.5, 0.6) is 0 Å². The zero-order valence-electron chi connectivity index (χ0n) is 11.4. The van der Waals surface area contributed by atoms with Gasteiger partial charge < -0.3 is 11.1 Å². The Hall–Kier alpha value is -1.06. The predicted octanol–water partition coefficient (Wildman–Crippen LogP) is 1.97. The number of unbranched alkanes of at least 4 members (excludes halogenated alkanes) is 1. The van der Waals surface area contributed by atoms with Crippen LogP contribution in [0.2, 0.25) is 0 Å². The molecule has 0 aromatic heterocycles. The van der Waals surface area contributed by atoms with Gasteiger partial charge in [0.05, 0.1) is 0 Å².